The maximum absolute atomic E-state index is 12.1. The number of hydrogen-bond donors (Lipinski definition) is 2. The molecule has 0 aromatic heterocycles. The first-order valence-corrected chi connectivity index (χ1v) is 6.02. The zero-order valence-corrected chi connectivity index (χ0v) is 11.6. The average Bonchev–Trinajstić information content (AvgIpc) is 2.81. The predicted molar refractivity (Wildman–Crippen MR) is 77.1 cm³/mol. The quantitative estimate of drug-likeness (QED) is 0.810. The second-order valence-corrected chi connectivity index (χ2v) is 4.45. The summed E-state index contributed by atoms with van der Waals surface area (Å²) in [6.45, 7) is 2.14. The second kappa shape index (κ2) is 6.43. The number of amides is 2. The van der Waals surface area contributed by atoms with Gasteiger partial charge < -0.3 is 16.0 Å². The number of nitrogens with one attached hydrogen (secondary N) is 1. The highest BCUT2D eigenvalue weighted by atomic mass is 35.5. The largest absolute Gasteiger partial charge is 0.397 e. The van der Waals surface area contributed by atoms with Crippen molar-refractivity contribution in [1.82, 2.24) is 4.90 Å². The molecule has 19 heavy (non-hydrogen) atoms. The minimum atomic E-state index is -0.373. The van der Waals surface area contributed by atoms with Crippen LogP contribution in [0.15, 0.2) is 24.3 Å². The molecule has 1 aliphatic rings. The van der Waals surface area contributed by atoms with E-state index in [0.717, 1.165) is 6.42 Å². The zero-order valence-electron chi connectivity index (χ0n) is 10.8. The van der Waals surface area contributed by atoms with E-state index >= 15 is 0 Å². The maximum Gasteiger partial charge on any atom is 0.247 e. The Hall–Kier alpha value is -1.75. The number of nitrogens with two attached hydrogens (primary N) is 1. The van der Waals surface area contributed by atoms with E-state index in [2.05, 4.69) is 5.32 Å². The molecule has 3 N–H and O–H groups in total. The molecule has 1 aromatic rings. The van der Waals surface area contributed by atoms with Crippen LogP contribution in [0.25, 0.3) is 0 Å². The van der Waals surface area contributed by atoms with Crippen LogP contribution in [0.1, 0.15) is 19.8 Å². The van der Waals surface area contributed by atoms with E-state index in [1.807, 2.05) is 12.1 Å². The van der Waals surface area contributed by atoms with Gasteiger partial charge in [0.25, 0.3) is 0 Å². The highest BCUT2D eigenvalue weighted by Crippen LogP contribution is 2.21. The lowest BCUT2D eigenvalue weighted by molar-refractivity contribution is -0.134. The summed E-state index contributed by atoms with van der Waals surface area (Å²) in [7, 11) is 0. The van der Waals surface area contributed by atoms with E-state index < -0.39 is 0 Å². The van der Waals surface area contributed by atoms with Gasteiger partial charge in [-0.05, 0) is 25.0 Å². The fourth-order valence-corrected chi connectivity index (χ4v) is 2.24. The first-order valence-electron chi connectivity index (χ1n) is 6.02. The molecule has 6 heteroatoms. The summed E-state index contributed by atoms with van der Waals surface area (Å²) in [4.78, 5) is 25.1. The minimum Gasteiger partial charge on any atom is -0.397 e. The molecule has 1 unspecified atom stereocenters. The Balaban J connectivity index is 0.00000180. The van der Waals surface area contributed by atoms with Crippen LogP contribution in [0, 0.1) is 0 Å². The number of halogens is 1. The Bertz CT molecular complexity index is 479. The van der Waals surface area contributed by atoms with E-state index in [9.17, 15) is 9.59 Å². The first-order chi connectivity index (χ1) is 8.59. The van der Waals surface area contributed by atoms with Gasteiger partial charge in [0.2, 0.25) is 11.8 Å². The normalized spacial score (nSPS) is 17.7. The number of anilines is 2. The number of nitrogen functional groups attached to an aromatic ring is 1. The molecule has 0 spiro atoms. The lowest BCUT2D eigenvalue weighted by Gasteiger charge is -2.22. The number of carbonyl (C=O) groups is 2. The third-order valence-corrected chi connectivity index (χ3v) is 3.18. The topological polar surface area (TPSA) is 75.4 Å². The van der Waals surface area contributed by atoms with Gasteiger partial charge in [0, 0.05) is 13.5 Å². The number of nitrogens with zero attached hydrogens (tertiary/aromatic N) is 1. The molecule has 1 aromatic carbocycles. The number of para-hydroxylation sites is 2. The second-order valence-electron chi connectivity index (χ2n) is 4.45. The third kappa shape index (κ3) is 3.38. The fourth-order valence-electron chi connectivity index (χ4n) is 2.24. The molecule has 0 aliphatic carbocycles. The Kier molecular flexibility index (Phi) is 5.18. The number of likely N-dealkylation sites (tertiary alicyclic amines) is 1. The molecule has 1 saturated heterocycles. The van der Waals surface area contributed by atoms with Gasteiger partial charge in [0.1, 0.15) is 6.04 Å². The van der Waals surface area contributed by atoms with Crippen molar-refractivity contribution >= 4 is 35.6 Å². The molecule has 5 nitrogen and oxygen atoms in total. The van der Waals surface area contributed by atoms with Gasteiger partial charge in [0.15, 0.2) is 0 Å². The number of rotatable bonds is 2. The summed E-state index contributed by atoms with van der Waals surface area (Å²) in [5, 5.41) is 2.78. The van der Waals surface area contributed by atoms with E-state index in [1.54, 1.807) is 17.0 Å². The molecule has 2 amide bonds. The van der Waals surface area contributed by atoms with E-state index in [0.29, 0.717) is 24.3 Å². The molecule has 0 bridgehead atoms. The number of benzene rings is 1. The van der Waals surface area contributed by atoms with Crippen LogP contribution >= 0.6 is 12.4 Å². The summed E-state index contributed by atoms with van der Waals surface area (Å²) in [5.41, 5.74) is 6.89. The smallest absolute Gasteiger partial charge is 0.247 e. The fraction of sp³-hybridized carbons (Fsp3) is 0.385. The monoisotopic (exact) mass is 283 g/mol. The van der Waals surface area contributed by atoms with Crippen LogP contribution in [0.3, 0.4) is 0 Å². The molecule has 0 saturated carbocycles. The molecule has 0 radical (unpaired) electrons. The first kappa shape index (κ1) is 15.3. The lowest BCUT2D eigenvalue weighted by Crippen LogP contribution is -2.42. The van der Waals surface area contributed by atoms with Crippen LogP contribution in [0.2, 0.25) is 0 Å². The summed E-state index contributed by atoms with van der Waals surface area (Å²) in [6, 6.07) is 6.72. The van der Waals surface area contributed by atoms with Gasteiger partial charge in [-0.3, -0.25) is 9.59 Å². The summed E-state index contributed by atoms with van der Waals surface area (Å²) in [6.07, 6.45) is 1.57. The third-order valence-electron chi connectivity index (χ3n) is 3.18. The van der Waals surface area contributed by atoms with Crippen molar-refractivity contribution < 1.29 is 9.59 Å². The Morgan fingerprint density at radius 2 is 2.05 bits per heavy atom. The van der Waals surface area contributed by atoms with Gasteiger partial charge in [-0.1, -0.05) is 12.1 Å². The van der Waals surface area contributed by atoms with Crippen molar-refractivity contribution in [2.24, 2.45) is 0 Å². The maximum atomic E-state index is 12.1. The summed E-state index contributed by atoms with van der Waals surface area (Å²) in [5.74, 6) is -0.228. The Morgan fingerprint density at radius 1 is 1.37 bits per heavy atom. The molecule has 1 heterocycles. The molecule has 1 fully saturated rings. The van der Waals surface area contributed by atoms with Gasteiger partial charge in [-0.25, -0.2) is 0 Å². The summed E-state index contributed by atoms with van der Waals surface area (Å²) >= 11 is 0. The van der Waals surface area contributed by atoms with Crippen LogP contribution in [-0.2, 0) is 9.59 Å². The Morgan fingerprint density at radius 3 is 2.68 bits per heavy atom. The standard InChI is InChI=1S/C13H17N3O2.ClH/c1-9(17)16-8-4-7-12(16)13(18)15-11-6-3-2-5-10(11)14;/h2-3,5-6,12H,4,7-8,14H2,1H3,(H,15,18);1H. The Labute approximate surface area is 118 Å². The molecular formula is C13H18ClN3O2. The molecule has 2 rings (SSSR count). The highest BCUT2D eigenvalue weighted by molar-refractivity contribution is 5.99. The molecule has 1 atom stereocenters. The van der Waals surface area contributed by atoms with Crippen molar-refractivity contribution in [3.8, 4) is 0 Å². The average molecular weight is 284 g/mol. The number of hydrogen-bond acceptors (Lipinski definition) is 3. The van der Waals surface area contributed by atoms with Crippen LogP contribution < -0.4 is 11.1 Å². The lowest BCUT2D eigenvalue weighted by atomic mass is 10.2. The van der Waals surface area contributed by atoms with Crippen LogP contribution in [0.5, 0.6) is 0 Å². The predicted octanol–water partition coefficient (Wildman–Crippen LogP) is 1.64. The SMILES string of the molecule is CC(=O)N1CCCC1C(=O)Nc1ccccc1N.Cl. The summed E-state index contributed by atoms with van der Waals surface area (Å²) < 4.78 is 0. The van der Waals surface area contributed by atoms with E-state index in [-0.39, 0.29) is 30.3 Å². The van der Waals surface area contributed by atoms with Gasteiger partial charge >= 0.3 is 0 Å². The van der Waals surface area contributed by atoms with Gasteiger partial charge in [0.05, 0.1) is 11.4 Å². The zero-order chi connectivity index (χ0) is 13.1. The van der Waals surface area contributed by atoms with Crippen molar-refractivity contribution in [1.29, 1.82) is 0 Å². The van der Waals surface area contributed by atoms with Crippen molar-refractivity contribution in [3.63, 3.8) is 0 Å². The molecule has 104 valence electrons. The van der Waals surface area contributed by atoms with Crippen molar-refractivity contribution in [2.45, 2.75) is 25.8 Å². The number of carbonyl (C=O) groups excluding carboxylic acids is 2. The molecular weight excluding hydrogens is 266 g/mol. The molecule has 1 aliphatic heterocycles. The van der Waals surface area contributed by atoms with Crippen LogP contribution in [-0.4, -0.2) is 29.3 Å². The van der Waals surface area contributed by atoms with E-state index in [4.69, 9.17) is 5.73 Å². The highest BCUT2D eigenvalue weighted by Gasteiger charge is 2.32. The van der Waals surface area contributed by atoms with Crippen LogP contribution in [0.4, 0.5) is 11.4 Å². The van der Waals surface area contributed by atoms with Crippen molar-refractivity contribution in [3.05, 3.63) is 24.3 Å². The van der Waals surface area contributed by atoms with Gasteiger partial charge in [-0.2, -0.15) is 0 Å². The minimum absolute atomic E-state index is 0. The van der Waals surface area contributed by atoms with Gasteiger partial charge in [-0.15, -0.1) is 12.4 Å². The van der Waals surface area contributed by atoms with E-state index in [1.165, 1.54) is 6.92 Å². The van der Waals surface area contributed by atoms with Crippen molar-refractivity contribution in [2.75, 3.05) is 17.6 Å².